The molecule has 0 saturated carbocycles. The number of hydrogen-bond acceptors (Lipinski definition) is 5. The van der Waals surface area contributed by atoms with Crippen molar-refractivity contribution in [2.24, 2.45) is 7.05 Å². The van der Waals surface area contributed by atoms with Crippen LogP contribution >= 0.6 is 0 Å². The Morgan fingerprint density at radius 2 is 1.71 bits per heavy atom. The van der Waals surface area contributed by atoms with E-state index >= 15 is 0 Å². The largest absolute Gasteiger partial charge is 0.379 e. The van der Waals surface area contributed by atoms with Gasteiger partial charge in [0.05, 0.1) is 19.8 Å². The number of benzene rings is 1. The van der Waals surface area contributed by atoms with Crippen molar-refractivity contribution in [1.29, 1.82) is 0 Å². The van der Waals surface area contributed by atoms with E-state index in [4.69, 9.17) is 4.74 Å². The standard InChI is InChI=1S/C22H33N5O/c1-17-11-18(2)13-19(12-17)14-27-6-4-5-20(15-27)22-24-23-21(25(22)3)16-26-7-9-28-10-8-26/h11-13,20H,4-10,14-16H2,1-3H3. The second kappa shape index (κ2) is 8.72. The van der Waals surface area contributed by atoms with Gasteiger partial charge in [0.2, 0.25) is 0 Å². The van der Waals surface area contributed by atoms with E-state index in [2.05, 4.69) is 63.7 Å². The lowest BCUT2D eigenvalue weighted by molar-refractivity contribution is 0.0326. The number of rotatable bonds is 5. The maximum atomic E-state index is 5.45. The summed E-state index contributed by atoms with van der Waals surface area (Å²) in [6.45, 7) is 12.1. The molecular weight excluding hydrogens is 350 g/mol. The topological polar surface area (TPSA) is 46.4 Å². The van der Waals surface area contributed by atoms with E-state index in [9.17, 15) is 0 Å². The fourth-order valence-electron chi connectivity index (χ4n) is 4.66. The summed E-state index contributed by atoms with van der Waals surface area (Å²) in [6.07, 6.45) is 2.42. The molecule has 6 nitrogen and oxygen atoms in total. The number of likely N-dealkylation sites (tertiary alicyclic amines) is 1. The van der Waals surface area contributed by atoms with Crippen molar-refractivity contribution in [3.63, 3.8) is 0 Å². The SMILES string of the molecule is Cc1cc(C)cc(CN2CCCC(c3nnc(CN4CCOCC4)n3C)C2)c1. The summed E-state index contributed by atoms with van der Waals surface area (Å²) < 4.78 is 7.69. The molecule has 2 aliphatic heterocycles. The number of aromatic nitrogens is 3. The fraction of sp³-hybridized carbons (Fsp3) is 0.636. The Morgan fingerprint density at radius 1 is 0.964 bits per heavy atom. The van der Waals surface area contributed by atoms with Crippen LogP contribution in [0.2, 0.25) is 0 Å². The Balaban J connectivity index is 1.41. The van der Waals surface area contributed by atoms with Gasteiger partial charge in [0.15, 0.2) is 0 Å². The predicted octanol–water partition coefficient (Wildman–Crippen LogP) is 2.64. The average molecular weight is 384 g/mol. The second-order valence-corrected chi connectivity index (χ2v) is 8.49. The van der Waals surface area contributed by atoms with Crippen molar-refractivity contribution < 1.29 is 4.74 Å². The van der Waals surface area contributed by atoms with Gasteiger partial charge in [-0.3, -0.25) is 9.80 Å². The van der Waals surface area contributed by atoms with E-state index in [1.165, 1.54) is 36.1 Å². The number of morpholine rings is 1. The third kappa shape index (κ3) is 4.62. The minimum Gasteiger partial charge on any atom is -0.379 e. The lowest BCUT2D eigenvalue weighted by atomic mass is 9.96. The third-order valence-electron chi connectivity index (χ3n) is 6.03. The van der Waals surface area contributed by atoms with Gasteiger partial charge < -0.3 is 9.30 Å². The number of hydrogen-bond donors (Lipinski definition) is 0. The first-order valence-corrected chi connectivity index (χ1v) is 10.6. The lowest BCUT2D eigenvalue weighted by Crippen LogP contribution is -2.36. The van der Waals surface area contributed by atoms with Crippen molar-refractivity contribution in [1.82, 2.24) is 24.6 Å². The van der Waals surface area contributed by atoms with Crippen LogP contribution in [0.3, 0.4) is 0 Å². The zero-order chi connectivity index (χ0) is 19.5. The number of piperidine rings is 1. The molecule has 1 aromatic heterocycles. The Labute approximate surface area is 168 Å². The molecular formula is C22H33N5O. The second-order valence-electron chi connectivity index (χ2n) is 8.49. The highest BCUT2D eigenvalue weighted by Gasteiger charge is 2.26. The molecule has 6 heteroatoms. The molecule has 0 amide bonds. The molecule has 0 aliphatic carbocycles. The average Bonchev–Trinajstić information content (AvgIpc) is 3.02. The van der Waals surface area contributed by atoms with Crippen LogP contribution in [0.25, 0.3) is 0 Å². The minimum absolute atomic E-state index is 0.468. The number of nitrogens with zero attached hydrogens (tertiary/aromatic N) is 5. The van der Waals surface area contributed by atoms with E-state index in [-0.39, 0.29) is 0 Å². The monoisotopic (exact) mass is 383 g/mol. The molecule has 3 heterocycles. The van der Waals surface area contributed by atoms with Crippen LogP contribution in [0.5, 0.6) is 0 Å². The summed E-state index contributed by atoms with van der Waals surface area (Å²) in [6, 6.07) is 6.89. The van der Waals surface area contributed by atoms with E-state index in [1.807, 2.05) is 0 Å². The molecule has 2 aromatic rings. The van der Waals surface area contributed by atoms with Crippen LogP contribution in [0.4, 0.5) is 0 Å². The predicted molar refractivity (Wildman–Crippen MR) is 110 cm³/mol. The summed E-state index contributed by atoms with van der Waals surface area (Å²) in [4.78, 5) is 4.99. The number of aryl methyl sites for hydroxylation is 2. The molecule has 0 N–H and O–H groups in total. The van der Waals surface area contributed by atoms with Gasteiger partial charge in [-0.25, -0.2) is 0 Å². The molecule has 1 aromatic carbocycles. The Kier molecular flexibility index (Phi) is 6.09. The van der Waals surface area contributed by atoms with E-state index in [0.717, 1.165) is 57.6 Å². The minimum atomic E-state index is 0.468. The first-order valence-electron chi connectivity index (χ1n) is 10.6. The smallest absolute Gasteiger partial charge is 0.146 e. The lowest BCUT2D eigenvalue weighted by Gasteiger charge is -2.32. The van der Waals surface area contributed by atoms with Gasteiger partial charge in [0.25, 0.3) is 0 Å². The number of ether oxygens (including phenoxy) is 1. The van der Waals surface area contributed by atoms with Crippen LogP contribution in [0.1, 0.15) is 47.1 Å². The molecule has 0 radical (unpaired) electrons. The van der Waals surface area contributed by atoms with Gasteiger partial charge in [0.1, 0.15) is 11.6 Å². The van der Waals surface area contributed by atoms with Crippen LogP contribution in [-0.2, 0) is 24.9 Å². The molecule has 2 saturated heterocycles. The summed E-state index contributed by atoms with van der Waals surface area (Å²) in [5, 5.41) is 9.13. The van der Waals surface area contributed by atoms with Gasteiger partial charge >= 0.3 is 0 Å². The van der Waals surface area contributed by atoms with Gasteiger partial charge in [-0.1, -0.05) is 29.3 Å². The maximum absolute atomic E-state index is 5.45. The van der Waals surface area contributed by atoms with Crippen LogP contribution in [-0.4, -0.2) is 64.0 Å². The van der Waals surface area contributed by atoms with Gasteiger partial charge in [-0.2, -0.15) is 0 Å². The van der Waals surface area contributed by atoms with Crippen LogP contribution < -0.4 is 0 Å². The summed E-state index contributed by atoms with van der Waals surface area (Å²) in [7, 11) is 2.13. The molecule has 2 fully saturated rings. The first-order chi connectivity index (χ1) is 13.6. The maximum Gasteiger partial charge on any atom is 0.146 e. The summed E-state index contributed by atoms with van der Waals surface area (Å²) >= 11 is 0. The molecule has 4 rings (SSSR count). The molecule has 152 valence electrons. The quantitative estimate of drug-likeness (QED) is 0.794. The molecule has 28 heavy (non-hydrogen) atoms. The van der Waals surface area contributed by atoms with Crippen LogP contribution in [0, 0.1) is 13.8 Å². The highest BCUT2D eigenvalue weighted by molar-refractivity contribution is 5.28. The van der Waals surface area contributed by atoms with Crippen molar-refractivity contribution in [3.05, 3.63) is 46.5 Å². The zero-order valence-corrected chi connectivity index (χ0v) is 17.5. The van der Waals surface area contributed by atoms with Gasteiger partial charge in [0, 0.05) is 39.1 Å². The van der Waals surface area contributed by atoms with E-state index in [1.54, 1.807) is 0 Å². The highest BCUT2D eigenvalue weighted by Crippen LogP contribution is 2.27. The van der Waals surface area contributed by atoms with Gasteiger partial charge in [-0.15, -0.1) is 10.2 Å². The Morgan fingerprint density at radius 3 is 2.46 bits per heavy atom. The third-order valence-corrected chi connectivity index (χ3v) is 6.03. The molecule has 1 unspecified atom stereocenters. The first kappa shape index (κ1) is 19.6. The van der Waals surface area contributed by atoms with Gasteiger partial charge in [-0.05, 0) is 38.8 Å². The van der Waals surface area contributed by atoms with E-state index in [0.29, 0.717) is 5.92 Å². The summed E-state index contributed by atoms with van der Waals surface area (Å²) in [5.74, 6) is 2.69. The summed E-state index contributed by atoms with van der Waals surface area (Å²) in [5.41, 5.74) is 4.12. The van der Waals surface area contributed by atoms with Crippen molar-refractivity contribution in [3.8, 4) is 0 Å². The van der Waals surface area contributed by atoms with Crippen molar-refractivity contribution in [2.45, 2.75) is 45.7 Å². The van der Waals surface area contributed by atoms with Crippen molar-refractivity contribution in [2.75, 3.05) is 39.4 Å². The van der Waals surface area contributed by atoms with E-state index < -0.39 is 0 Å². The Hall–Kier alpha value is -1.76. The van der Waals surface area contributed by atoms with Crippen LogP contribution in [0.15, 0.2) is 18.2 Å². The molecule has 0 bridgehead atoms. The fourth-order valence-corrected chi connectivity index (χ4v) is 4.66. The zero-order valence-electron chi connectivity index (χ0n) is 17.5. The normalized spacial score (nSPS) is 21.9. The Bertz CT molecular complexity index is 776. The molecule has 2 aliphatic rings. The molecule has 1 atom stereocenters. The highest BCUT2D eigenvalue weighted by atomic mass is 16.5. The van der Waals surface area contributed by atoms with Crippen molar-refractivity contribution >= 4 is 0 Å². The molecule has 0 spiro atoms.